The average Bonchev–Trinajstić information content (AvgIpc) is 1.98. The summed E-state index contributed by atoms with van der Waals surface area (Å²) in [4.78, 5) is 11.2. The molecule has 0 spiro atoms. The third kappa shape index (κ3) is 6.50. The highest BCUT2D eigenvalue weighted by Gasteiger charge is 2.16. The molecule has 2 N–H and O–H groups in total. The van der Waals surface area contributed by atoms with Crippen LogP contribution in [0.4, 0.5) is 0 Å². The number of hydrogen-bond donors (Lipinski definition) is 1. The van der Waals surface area contributed by atoms with E-state index < -0.39 is 11.6 Å². The summed E-state index contributed by atoms with van der Waals surface area (Å²) in [6.45, 7) is 9.60. The van der Waals surface area contributed by atoms with Gasteiger partial charge in [-0.3, -0.25) is 0 Å². The fourth-order valence-electron chi connectivity index (χ4n) is 0.575. The molecule has 0 aromatic rings. The molecule has 0 aliphatic carbocycles. The molecule has 0 rings (SSSR count). The first-order valence-corrected chi connectivity index (χ1v) is 4.62. The minimum Gasteiger partial charge on any atom is -0.450 e. The second-order valence-electron chi connectivity index (χ2n) is 4.84. The summed E-state index contributed by atoms with van der Waals surface area (Å²) in [6, 6.07) is 0. The van der Waals surface area contributed by atoms with E-state index in [-0.39, 0.29) is 5.41 Å². The van der Waals surface area contributed by atoms with Gasteiger partial charge < -0.3 is 10.5 Å². The molecule has 0 amide bonds. The van der Waals surface area contributed by atoms with E-state index >= 15 is 0 Å². The molecule has 0 atom stereocenters. The van der Waals surface area contributed by atoms with Crippen LogP contribution in [-0.4, -0.2) is 18.1 Å². The molecule has 0 aromatic heterocycles. The normalized spacial score (nSPS) is 11.6. The summed E-state index contributed by atoms with van der Waals surface area (Å²) in [7, 11) is 0. The molecule has 0 fully saturated rings. The van der Waals surface area contributed by atoms with Gasteiger partial charge in [0.25, 0.3) is 0 Å². The summed E-state index contributed by atoms with van der Waals surface area (Å²) in [5.41, 5.74) is 4.64. The first kappa shape index (κ1) is 13.0. The molecule has 0 unspecified atom stereocenters. The Morgan fingerprint density at radius 3 is 2.14 bits per heavy atom. The number of hydrogen-bond acceptors (Lipinski definition) is 3. The van der Waals surface area contributed by atoms with Crippen LogP contribution in [0.5, 0.6) is 0 Å². The number of esters is 1. The van der Waals surface area contributed by atoms with Crippen molar-refractivity contribution in [3.8, 4) is 11.8 Å². The standard InChI is InChI=1S/C11H19NO2/c1-10(2,3)14-9(13)6-7-11(4,5)8-12/h8,12H2,1-5H3. The third-order valence-electron chi connectivity index (χ3n) is 1.41. The van der Waals surface area contributed by atoms with Crippen LogP contribution in [0.1, 0.15) is 34.6 Å². The van der Waals surface area contributed by atoms with E-state index in [1.807, 2.05) is 13.8 Å². The van der Waals surface area contributed by atoms with Crippen molar-refractivity contribution >= 4 is 5.97 Å². The lowest BCUT2D eigenvalue weighted by Gasteiger charge is -2.17. The Morgan fingerprint density at radius 2 is 1.79 bits per heavy atom. The van der Waals surface area contributed by atoms with Crippen LogP contribution in [-0.2, 0) is 9.53 Å². The van der Waals surface area contributed by atoms with Crippen molar-refractivity contribution in [3.63, 3.8) is 0 Å². The first-order chi connectivity index (χ1) is 6.16. The van der Waals surface area contributed by atoms with E-state index in [2.05, 4.69) is 11.8 Å². The van der Waals surface area contributed by atoms with Gasteiger partial charge in [0.15, 0.2) is 0 Å². The Kier molecular flexibility index (Phi) is 4.15. The molecule has 0 aromatic carbocycles. The lowest BCUT2D eigenvalue weighted by molar-refractivity contribution is -0.147. The zero-order chi connectivity index (χ0) is 11.4. The molecule has 0 saturated heterocycles. The highest BCUT2D eigenvalue weighted by Crippen LogP contribution is 2.10. The average molecular weight is 197 g/mol. The number of carbonyl (C=O) groups is 1. The van der Waals surface area contributed by atoms with Crippen LogP contribution >= 0.6 is 0 Å². The molecule has 14 heavy (non-hydrogen) atoms. The van der Waals surface area contributed by atoms with Crippen LogP contribution in [0.3, 0.4) is 0 Å². The minimum atomic E-state index is -0.501. The van der Waals surface area contributed by atoms with Gasteiger partial charge in [-0.15, -0.1) is 0 Å². The van der Waals surface area contributed by atoms with E-state index in [1.165, 1.54) is 0 Å². The van der Waals surface area contributed by atoms with E-state index in [9.17, 15) is 4.79 Å². The maximum absolute atomic E-state index is 11.2. The van der Waals surface area contributed by atoms with Crippen molar-refractivity contribution < 1.29 is 9.53 Å². The molecule has 0 radical (unpaired) electrons. The Labute approximate surface area is 86.0 Å². The molecule has 0 aliphatic heterocycles. The SMILES string of the molecule is CC(C)(C#CC(=O)OC(C)(C)C)CN. The number of nitrogens with two attached hydrogens (primary N) is 1. The Bertz CT molecular complexity index is 263. The highest BCUT2D eigenvalue weighted by molar-refractivity contribution is 5.88. The van der Waals surface area contributed by atoms with E-state index in [0.717, 1.165) is 0 Å². The van der Waals surface area contributed by atoms with E-state index in [1.54, 1.807) is 20.8 Å². The summed E-state index contributed by atoms with van der Waals surface area (Å²) in [5, 5.41) is 0. The molecule has 0 saturated carbocycles. The van der Waals surface area contributed by atoms with Gasteiger partial charge in [-0.05, 0) is 34.6 Å². The molecule has 3 heteroatoms. The fraction of sp³-hybridized carbons (Fsp3) is 0.727. The number of ether oxygens (including phenoxy) is 1. The monoisotopic (exact) mass is 197 g/mol. The van der Waals surface area contributed by atoms with Gasteiger partial charge in [0.1, 0.15) is 5.60 Å². The molecule has 0 heterocycles. The zero-order valence-corrected chi connectivity index (χ0v) is 9.60. The molecular weight excluding hydrogens is 178 g/mol. The number of carbonyl (C=O) groups excluding carboxylic acids is 1. The van der Waals surface area contributed by atoms with E-state index in [4.69, 9.17) is 10.5 Å². The predicted octanol–water partition coefficient (Wildman–Crippen LogP) is 1.32. The molecule has 3 nitrogen and oxygen atoms in total. The first-order valence-electron chi connectivity index (χ1n) is 4.62. The maximum Gasteiger partial charge on any atom is 0.384 e. The number of rotatable bonds is 1. The Hall–Kier alpha value is -1.01. The van der Waals surface area contributed by atoms with Crippen LogP contribution < -0.4 is 5.73 Å². The minimum absolute atomic E-state index is 0.336. The van der Waals surface area contributed by atoms with E-state index in [0.29, 0.717) is 6.54 Å². The van der Waals surface area contributed by atoms with Crippen molar-refractivity contribution in [3.05, 3.63) is 0 Å². The Morgan fingerprint density at radius 1 is 1.29 bits per heavy atom. The summed E-state index contributed by atoms with van der Waals surface area (Å²) < 4.78 is 5.02. The molecule has 0 bridgehead atoms. The molecular formula is C11H19NO2. The van der Waals surface area contributed by atoms with Crippen molar-refractivity contribution in [1.29, 1.82) is 0 Å². The van der Waals surface area contributed by atoms with Crippen molar-refractivity contribution in [1.82, 2.24) is 0 Å². The summed E-state index contributed by atoms with van der Waals surface area (Å²) >= 11 is 0. The van der Waals surface area contributed by atoms with Gasteiger partial charge in [0, 0.05) is 17.9 Å². The zero-order valence-electron chi connectivity index (χ0n) is 9.60. The van der Waals surface area contributed by atoms with Crippen LogP contribution in [0.15, 0.2) is 0 Å². The van der Waals surface area contributed by atoms with Crippen LogP contribution in [0, 0.1) is 17.3 Å². The lowest BCUT2D eigenvalue weighted by atomic mass is 9.95. The fourth-order valence-corrected chi connectivity index (χ4v) is 0.575. The van der Waals surface area contributed by atoms with Gasteiger partial charge in [-0.1, -0.05) is 5.92 Å². The van der Waals surface area contributed by atoms with Gasteiger partial charge in [0.05, 0.1) is 0 Å². The quantitative estimate of drug-likeness (QED) is 0.392. The second-order valence-corrected chi connectivity index (χ2v) is 4.84. The smallest absolute Gasteiger partial charge is 0.384 e. The summed E-state index contributed by atoms with van der Waals surface area (Å²) in [6.07, 6.45) is 0. The molecule has 0 aliphatic rings. The van der Waals surface area contributed by atoms with Crippen molar-refractivity contribution in [2.45, 2.75) is 40.2 Å². The largest absolute Gasteiger partial charge is 0.450 e. The second kappa shape index (κ2) is 4.47. The van der Waals surface area contributed by atoms with Gasteiger partial charge in [-0.2, -0.15) is 0 Å². The van der Waals surface area contributed by atoms with Gasteiger partial charge >= 0.3 is 5.97 Å². The Balaban J connectivity index is 4.33. The topological polar surface area (TPSA) is 52.3 Å². The predicted molar refractivity (Wildman–Crippen MR) is 56.5 cm³/mol. The van der Waals surface area contributed by atoms with Crippen LogP contribution in [0.25, 0.3) is 0 Å². The lowest BCUT2D eigenvalue weighted by Crippen LogP contribution is -2.24. The van der Waals surface area contributed by atoms with Crippen LogP contribution in [0.2, 0.25) is 0 Å². The van der Waals surface area contributed by atoms with Gasteiger partial charge in [0.2, 0.25) is 0 Å². The highest BCUT2D eigenvalue weighted by atomic mass is 16.6. The third-order valence-corrected chi connectivity index (χ3v) is 1.41. The van der Waals surface area contributed by atoms with Gasteiger partial charge in [-0.25, -0.2) is 4.79 Å². The summed E-state index contributed by atoms with van der Waals surface area (Å²) in [5.74, 6) is 4.72. The maximum atomic E-state index is 11.2. The molecule has 80 valence electrons. The van der Waals surface area contributed by atoms with Crippen molar-refractivity contribution in [2.24, 2.45) is 11.1 Å². The van der Waals surface area contributed by atoms with Crippen molar-refractivity contribution in [2.75, 3.05) is 6.54 Å².